The van der Waals surface area contributed by atoms with Gasteiger partial charge in [-0.25, -0.2) is 0 Å². The summed E-state index contributed by atoms with van der Waals surface area (Å²) in [5.74, 6) is -0.610. The van der Waals surface area contributed by atoms with Crippen molar-refractivity contribution in [3.8, 4) is 0 Å². The molecule has 0 aliphatic carbocycles. The molecule has 0 bridgehead atoms. The lowest BCUT2D eigenvalue weighted by Gasteiger charge is -1.90. The number of thiophene rings is 1. The Morgan fingerprint density at radius 1 is 1.73 bits per heavy atom. The molecule has 0 fully saturated rings. The first kappa shape index (κ1) is 8.62. The molecule has 1 rings (SSSR count). The molecule has 0 aliphatic heterocycles. The Morgan fingerprint density at radius 2 is 2.45 bits per heavy atom. The molecule has 0 amide bonds. The summed E-state index contributed by atoms with van der Waals surface area (Å²) in [6.45, 7) is 2.01. The zero-order valence-corrected chi connectivity index (χ0v) is 7.67. The van der Waals surface area contributed by atoms with Gasteiger partial charge in [0.1, 0.15) is 0 Å². The van der Waals surface area contributed by atoms with Crippen LogP contribution in [0.3, 0.4) is 0 Å². The van der Waals surface area contributed by atoms with Crippen molar-refractivity contribution >= 4 is 29.1 Å². The summed E-state index contributed by atoms with van der Waals surface area (Å²) in [6, 6.07) is 3.95. The predicted octanol–water partition coefficient (Wildman–Crippen LogP) is 2.23. The van der Waals surface area contributed by atoms with Crippen molar-refractivity contribution in [1.29, 1.82) is 0 Å². The first-order chi connectivity index (χ1) is 5.18. The number of aryl methyl sites for hydroxylation is 1. The van der Waals surface area contributed by atoms with E-state index in [-0.39, 0.29) is 5.75 Å². The van der Waals surface area contributed by atoms with Crippen molar-refractivity contribution in [1.82, 2.24) is 0 Å². The average Bonchev–Trinajstić information content (AvgIpc) is 2.31. The van der Waals surface area contributed by atoms with Gasteiger partial charge < -0.3 is 5.11 Å². The highest BCUT2D eigenvalue weighted by Gasteiger charge is 2.00. The number of aliphatic carboxylic acids is 1. The van der Waals surface area contributed by atoms with Crippen LogP contribution < -0.4 is 0 Å². The highest BCUT2D eigenvalue weighted by molar-refractivity contribution is 8.01. The molecule has 0 radical (unpaired) electrons. The summed E-state index contributed by atoms with van der Waals surface area (Å²) in [7, 11) is 0. The van der Waals surface area contributed by atoms with Gasteiger partial charge in [0.2, 0.25) is 0 Å². The van der Waals surface area contributed by atoms with Crippen molar-refractivity contribution in [2.45, 2.75) is 11.1 Å². The molecule has 0 unspecified atom stereocenters. The lowest BCUT2D eigenvalue weighted by atomic mass is 10.5. The molecule has 1 N–H and O–H groups in total. The van der Waals surface area contributed by atoms with E-state index >= 15 is 0 Å². The van der Waals surface area contributed by atoms with Crippen LogP contribution in [-0.2, 0) is 4.79 Å². The maximum atomic E-state index is 10.2. The van der Waals surface area contributed by atoms with E-state index < -0.39 is 5.97 Å². The standard InChI is InChI=1S/C7H8O2S2/c1-5-2-3-7(11-5)10-4-6(8)9/h2-3H,4H2,1H3,(H,8,9). The van der Waals surface area contributed by atoms with Gasteiger partial charge in [0.25, 0.3) is 0 Å². The third kappa shape index (κ3) is 2.95. The van der Waals surface area contributed by atoms with Gasteiger partial charge in [-0.15, -0.1) is 23.1 Å². The summed E-state index contributed by atoms with van der Waals surface area (Å²) in [6.07, 6.45) is 0. The highest BCUT2D eigenvalue weighted by atomic mass is 32.2. The molecule has 0 spiro atoms. The minimum atomic E-state index is -0.763. The molecule has 1 aromatic heterocycles. The molecule has 0 atom stereocenters. The zero-order chi connectivity index (χ0) is 8.27. The summed E-state index contributed by atoms with van der Waals surface area (Å²) in [5, 5.41) is 8.37. The fourth-order valence-electron chi connectivity index (χ4n) is 0.623. The van der Waals surface area contributed by atoms with Crippen LogP contribution in [-0.4, -0.2) is 16.8 Å². The first-order valence-corrected chi connectivity index (χ1v) is 4.90. The van der Waals surface area contributed by atoms with Gasteiger partial charge in [-0.2, -0.15) is 0 Å². The van der Waals surface area contributed by atoms with E-state index in [2.05, 4.69) is 0 Å². The van der Waals surface area contributed by atoms with E-state index in [0.29, 0.717) is 0 Å². The largest absolute Gasteiger partial charge is 0.481 e. The normalized spacial score (nSPS) is 9.91. The Balaban J connectivity index is 2.45. The van der Waals surface area contributed by atoms with Crippen molar-refractivity contribution in [2.75, 3.05) is 5.75 Å². The minimum absolute atomic E-state index is 0.153. The summed E-state index contributed by atoms with van der Waals surface area (Å²) < 4.78 is 1.07. The van der Waals surface area contributed by atoms with Crippen molar-refractivity contribution in [2.24, 2.45) is 0 Å². The number of hydrogen-bond donors (Lipinski definition) is 1. The van der Waals surface area contributed by atoms with Gasteiger partial charge in [-0.05, 0) is 19.1 Å². The van der Waals surface area contributed by atoms with E-state index in [1.807, 2.05) is 19.1 Å². The van der Waals surface area contributed by atoms with Gasteiger partial charge in [-0.3, -0.25) is 4.79 Å². The Morgan fingerprint density at radius 3 is 2.91 bits per heavy atom. The Kier molecular flexibility index (Phi) is 2.96. The van der Waals surface area contributed by atoms with Crippen LogP contribution in [0.15, 0.2) is 16.3 Å². The van der Waals surface area contributed by atoms with E-state index in [0.717, 1.165) is 4.21 Å². The molecule has 0 saturated heterocycles. The maximum Gasteiger partial charge on any atom is 0.313 e. The van der Waals surface area contributed by atoms with Crippen molar-refractivity contribution in [3.63, 3.8) is 0 Å². The Bertz CT molecular complexity index is 255. The monoisotopic (exact) mass is 188 g/mol. The smallest absolute Gasteiger partial charge is 0.313 e. The third-order valence-corrected chi connectivity index (χ3v) is 3.26. The van der Waals surface area contributed by atoms with Crippen LogP contribution >= 0.6 is 23.1 Å². The molecular weight excluding hydrogens is 180 g/mol. The van der Waals surface area contributed by atoms with Crippen LogP contribution in [0.5, 0.6) is 0 Å². The molecule has 1 heterocycles. The predicted molar refractivity (Wildman–Crippen MR) is 47.4 cm³/mol. The summed E-state index contributed by atoms with van der Waals surface area (Å²) in [4.78, 5) is 11.4. The van der Waals surface area contributed by atoms with Crippen molar-refractivity contribution < 1.29 is 9.90 Å². The van der Waals surface area contributed by atoms with Crippen LogP contribution in [0.4, 0.5) is 0 Å². The molecule has 4 heteroatoms. The second kappa shape index (κ2) is 3.78. The quantitative estimate of drug-likeness (QED) is 0.739. The van der Waals surface area contributed by atoms with Crippen molar-refractivity contribution in [3.05, 3.63) is 17.0 Å². The van der Waals surface area contributed by atoms with Gasteiger partial charge in [-0.1, -0.05) is 0 Å². The number of carboxylic acid groups (broad SMARTS) is 1. The molecule has 0 aliphatic rings. The van der Waals surface area contributed by atoms with Gasteiger partial charge in [0, 0.05) is 4.88 Å². The van der Waals surface area contributed by atoms with Crippen LogP contribution in [0.2, 0.25) is 0 Å². The van der Waals surface area contributed by atoms with Gasteiger partial charge in [0.15, 0.2) is 0 Å². The molecule has 0 aromatic carbocycles. The first-order valence-electron chi connectivity index (χ1n) is 3.09. The number of hydrogen-bond acceptors (Lipinski definition) is 3. The molecule has 11 heavy (non-hydrogen) atoms. The SMILES string of the molecule is Cc1ccc(SCC(=O)O)s1. The number of carbonyl (C=O) groups is 1. The van der Waals surface area contributed by atoms with Crippen LogP contribution in [0.1, 0.15) is 4.88 Å². The lowest BCUT2D eigenvalue weighted by Crippen LogP contribution is -1.96. The molecule has 0 saturated carbocycles. The third-order valence-electron chi connectivity index (χ3n) is 1.05. The molecular formula is C7H8O2S2. The van der Waals surface area contributed by atoms with Crippen LogP contribution in [0.25, 0.3) is 0 Å². The second-order valence-corrected chi connectivity index (χ2v) is 4.61. The molecule has 2 nitrogen and oxygen atoms in total. The second-order valence-electron chi connectivity index (χ2n) is 2.05. The minimum Gasteiger partial charge on any atom is -0.481 e. The van der Waals surface area contributed by atoms with Crippen LogP contribution in [0, 0.1) is 6.92 Å². The maximum absolute atomic E-state index is 10.2. The number of carboxylic acids is 1. The fraction of sp³-hybridized carbons (Fsp3) is 0.286. The van der Waals surface area contributed by atoms with E-state index in [4.69, 9.17) is 5.11 Å². The molecule has 60 valence electrons. The van der Waals surface area contributed by atoms with Gasteiger partial charge >= 0.3 is 5.97 Å². The topological polar surface area (TPSA) is 37.3 Å². The fourth-order valence-corrected chi connectivity index (χ4v) is 2.45. The van der Waals surface area contributed by atoms with E-state index in [1.54, 1.807) is 11.3 Å². The Hall–Kier alpha value is -0.480. The number of rotatable bonds is 3. The summed E-state index contributed by atoms with van der Waals surface area (Å²) in [5.41, 5.74) is 0. The molecule has 1 aromatic rings. The lowest BCUT2D eigenvalue weighted by molar-refractivity contribution is -0.133. The van der Waals surface area contributed by atoms with E-state index in [9.17, 15) is 4.79 Å². The summed E-state index contributed by atoms with van der Waals surface area (Å²) >= 11 is 3.00. The Labute approximate surface area is 73.2 Å². The highest BCUT2D eigenvalue weighted by Crippen LogP contribution is 2.26. The number of thioether (sulfide) groups is 1. The van der Waals surface area contributed by atoms with Gasteiger partial charge in [0.05, 0.1) is 9.96 Å². The zero-order valence-electron chi connectivity index (χ0n) is 6.03. The van der Waals surface area contributed by atoms with E-state index in [1.165, 1.54) is 16.6 Å². The average molecular weight is 188 g/mol.